The normalized spacial score (nSPS) is 16.2. The predicted molar refractivity (Wildman–Crippen MR) is 116 cm³/mol. The van der Waals surface area contributed by atoms with Crippen LogP contribution in [-0.4, -0.2) is 56.8 Å². The molecule has 168 valence electrons. The first-order valence-corrected chi connectivity index (χ1v) is 11.3. The number of rotatable bonds is 5. The van der Waals surface area contributed by atoms with Gasteiger partial charge in [0, 0.05) is 49.8 Å². The lowest BCUT2D eigenvalue weighted by molar-refractivity contribution is 0.182. The molecule has 32 heavy (non-hydrogen) atoms. The number of piperidine rings is 1. The third-order valence-corrected chi connectivity index (χ3v) is 6.53. The number of nitrogens with one attached hydrogen (secondary N) is 1. The van der Waals surface area contributed by atoms with Crippen LogP contribution in [0.25, 0.3) is 5.65 Å². The largest absolute Gasteiger partial charge is 0.493 e. The van der Waals surface area contributed by atoms with Crippen LogP contribution in [-0.2, 0) is 19.3 Å². The van der Waals surface area contributed by atoms with E-state index in [1.165, 1.54) is 6.07 Å². The molecule has 8 nitrogen and oxygen atoms in total. The van der Waals surface area contributed by atoms with Crippen molar-refractivity contribution >= 4 is 11.7 Å². The van der Waals surface area contributed by atoms with E-state index in [4.69, 9.17) is 9.72 Å². The summed E-state index contributed by atoms with van der Waals surface area (Å²) < 4.78 is 22.0. The van der Waals surface area contributed by atoms with Crippen LogP contribution in [0.2, 0.25) is 0 Å². The maximum absolute atomic E-state index is 14.5. The third-order valence-electron chi connectivity index (χ3n) is 6.53. The van der Waals surface area contributed by atoms with Crippen molar-refractivity contribution in [3.8, 4) is 5.75 Å². The maximum atomic E-state index is 14.5. The van der Waals surface area contributed by atoms with Gasteiger partial charge in [0.15, 0.2) is 5.65 Å². The topological polar surface area (TPSA) is 84.7 Å². The van der Waals surface area contributed by atoms with Crippen LogP contribution in [0.5, 0.6) is 5.75 Å². The molecule has 0 saturated carbocycles. The standard InChI is InChI=1S/C23H27FN6O2/c1-2-25-23(31)29-10-7-15(8-11-29)18-13-26-21(30-14-27-28-22(18)30)6-3-16-17-9-12-32-20(17)5-4-19(16)24/h4-5,13-15H,2-3,6-12H2,1H3,(H,25,31). The number of ether oxygens (including phenoxy) is 1. The number of nitrogens with zero attached hydrogens (tertiary/aromatic N) is 5. The summed E-state index contributed by atoms with van der Waals surface area (Å²) in [7, 11) is 0. The van der Waals surface area contributed by atoms with Gasteiger partial charge in [0.1, 0.15) is 23.7 Å². The number of halogens is 1. The first kappa shape index (κ1) is 20.7. The molecule has 0 bridgehead atoms. The van der Waals surface area contributed by atoms with E-state index in [0.717, 1.165) is 47.6 Å². The fraction of sp³-hybridized carbons (Fsp3) is 0.478. The van der Waals surface area contributed by atoms with Crippen molar-refractivity contribution in [3.63, 3.8) is 0 Å². The number of carbonyl (C=O) groups excluding carboxylic acids is 1. The van der Waals surface area contributed by atoms with Crippen LogP contribution in [0.3, 0.4) is 0 Å². The van der Waals surface area contributed by atoms with E-state index in [9.17, 15) is 9.18 Å². The van der Waals surface area contributed by atoms with E-state index in [1.54, 1.807) is 12.4 Å². The van der Waals surface area contributed by atoms with Crippen molar-refractivity contribution in [2.24, 2.45) is 0 Å². The van der Waals surface area contributed by atoms with Gasteiger partial charge in [-0.15, -0.1) is 10.2 Å². The summed E-state index contributed by atoms with van der Waals surface area (Å²) in [5.74, 6) is 1.69. The van der Waals surface area contributed by atoms with Gasteiger partial charge in [-0.05, 0) is 49.8 Å². The van der Waals surface area contributed by atoms with Gasteiger partial charge in [-0.3, -0.25) is 4.40 Å². The molecule has 3 aromatic rings. The summed E-state index contributed by atoms with van der Waals surface area (Å²) in [4.78, 5) is 18.7. The molecule has 2 aliphatic rings. The summed E-state index contributed by atoms with van der Waals surface area (Å²) >= 11 is 0. The van der Waals surface area contributed by atoms with E-state index < -0.39 is 0 Å². The molecule has 4 heterocycles. The molecule has 5 rings (SSSR count). The first-order valence-electron chi connectivity index (χ1n) is 11.3. The second-order valence-corrected chi connectivity index (χ2v) is 8.35. The molecule has 0 spiro atoms. The zero-order chi connectivity index (χ0) is 22.1. The molecule has 1 saturated heterocycles. The summed E-state index contributed by atoms with van der Waals surface area (Å²) in [5.41, 5.74) is 3.54. The zero-order valence-corrected chi connectivity index (χ0v) is 18.2. The fourth-order valence-electron chi connectivity index (χ4n) is 4.84. The minimum Gasteiger partial charge on any atom is -0.493 e. The Morgan fingerprint density at radius 3 is 2.94 bits per heavy atom. The Hall–Kier alpha value is -3.23. The summed E-state index contributed by atoms with van der Waals surface area (Å²) in [6.45, 7) is 4.58. The van der Waals surface area contributed by atoms with E-state index in [-0.39, 0.29) is 17.8 Å². The zero-order valence-electron chi connectivity index (χ0n) is 18.2. The molecular weight excluding hydrogens is 411 g/mol. The second kappa shape index (κ2) is 8.72. The molecule has 1 fully saturated rings. The second-order valence-electron chi connectivity index (χ2n) is 8.35. The van der Waals surface area contributed by atoms with Crippen molar-refractivity contribution in [1.29, 1.82) is 0 Å². The van der Waals surface area contributed by atoms with Gasteiger partial charge in [-0.1, -0.05) is 0 Å². The number of benzene rings is 1. The maximum Gasteiger partial charge on any atom is 0.317 e. The average molecular weight is 439 g/mol. The van der Waals surface area contributed by atoms with Crippen molar-refractivity contribution in [1.82, 2.24) is 29.8 Å². The van der Waals surface area contributed by atoms with Gasteiger partial charge in [-0.2, -0.15) is 0 Å². The Morgan fingerprint density at radius 2 is 2.12 bits per heavy atom. The first-order chi connectivity index (χ1) is 15.7. The van der Waals surface area contributed by atoms with Gasteiger partial charge >= 0.3 is 6.03 Å². The van der Waals surface area contributed by atoms with E-state index in [0.29, 0.717) is 44.6 Å². The van der Waals surface area contributed by atoms with Crippen LogP contribution in [0.15, 0.2) is 24.7 Å². The highest BCUT2D eigenvalue weighted by Crippen LogP contribution is 2.32. The summed E-state index contributed by atoms with van der Waals surface area (Å²) in [6, 6.07) is 3.19. The molecular formula is C23H27FN6O2. The summed E-state index contributed by atoms with van der Waals surface area (Å²) in [5, 5.41) is 11.3. The number of fused-ring (bicyclic) bond motifs is 2. The molecule has 0 radical (unpaired) electrons. The SMILES string of the molecule is CCNC(=O)N1CCC(c2cnc(CCc3c(F)ccc4c3CCO4)n3cnnc23)CC1. The lowest BCUT2D eigenvalue weighted by Gasteiger charge is -2.32. The van der Waals surface area contributed by atoms with Crippen LogP contribution < -0.4 is 10.1 Å². The van der Waals surface area contributed by atoms with Gasteiger partial charge in [0.05, 0.1) is 6.61 Å². The fourth-order valence-corrected chi connectivity index (χ4v) is 4.84. The van der Waals surface area contributed by atoms with Crippen molar-refractivity contribution in [2.75, 3.05) is 26.2 Å². The monoisotopic (exact) mass is 438 g/mol. The molecule has 0 atom stereocenters. The summed E-state index contributed by atoms with van der Waals surface area (Å²) in [6.07, 6.45) is 7.16. The molecule has 9 heteroatoms. The molecule has 2 amide bonds. The van der Waals surface area contributed by atoms with E-state index >= 15 is 0 Å². The molecule has 2 aliphatic heterocycles. The van der Waals surface area contributed by atoms with Crippen molar-refractivity contribution in [3.05, 3.63) is 53.0 Å². The highest BCUT2D eigenvalue weighted by atomic mass is 19.1. The minimum atomic E-state index is -0.190. The van der Waals surface area contributed by atoms with Crippen LogP contribution in [0.4, 0.5) is 9.18 Å². The Morgan fingerprint density at radius 1 is 1.28 bits per heavy atom. The minimum absolute atomic E-state index is 0.00271. The average Bonchev–Trinajstić information content (AvgIpc) is 3.49. The molecule has 0 unspecified atom stereocenters. The number of aryl methyl sites for hydroxylation is 1. The van der Waals surface area contributed by atoms with Crippen LogP contribution >= 0.6 is 0 Å². The van der Waals surface area contributed by atoms with Crippen LogP contribution in [0.1, 0.15) is 48.2 Å². The lowest BCUT2D eigenvalue weighted by Crippen LogP contribution is -2.44. The molecule has 1 aromatic carbocycles. The number of hydrogen-bond acceptors (Lipinski definition) is 5. The van der Waals surface area contributed by atoms with Gasteiger partial charge in [-0.25, -0.2) is 14.2 Å². The number of urea groups is 1. The predicted octanol–water partition coefficient (Wildman–Crippen LogP) is 2.89. The van der Waals surface area contributed by atoms with Crippen LogP contribution in [0, 0.1) is 5.82 Å². The number of hydrogen-bond donors (Lipinski definition) is 1. The lowest BCUT2D eigenvalue weighted by atomic mass is 9.91. The van der Waals surface area contributed by atoms with Crippen molar-refractivity contribution < 1.29 is 13.9 Å². The molecule has 2 aromatic heterocycles. The number of aromatic nitrogens is 4. The van der Waals surface area contributed by atoms with Gasteiger partial charge in [0.2, 0.25) is 0 Å². The number of likely N-dealkylation sites (tertiary alicyclic amines) is 1. The van der Waals surface area contributed by atoms with Gasteiger partial charge in [0.25, 0.3) is 0 Å². The molecule has 1 N–H and O–H groups in total. The molecule has 0 aliphatic carbocycles. The number of amides is 2. The number of carbonyl (C=O) groups is 1. The smallest absolute Gasteiger partial charge is 0.317 e. The Kier molecular flexibility index (Phi) is 5.63. The highest BCUT2D eigenvalue weighted by molar-refractivity contribution is 5.74. The van der Waals surface area contributed by atoms with Gasteiger partial charge < -0.3 is 15.0 Å². The van der Waals surface area contributed by atoms with Crippen molar-refractivity contribution in [2.45, 2.75) is 44.9 Å². The third kappa shape index (κ3) is 3.76. The van der Waals surface area contributed by atoms with E-state index in [1.807, 2.05) is 22.4 Å². The van der Waals surface area contributed by atoms with E-state index in [2.05, 4.69) is 15.5 Å². The Bertz CT molecular complexity index is 1140. The highest BCUT2D eigenvalue weighted by Gasteiger charge is 2.26. The Balaban J connectivity index is 1.33. The Labute approximate surface area is 185 Å². The quantitative estimate of drug-likeness (QED) is 0.662.